The fourth-order valence-corrected chi connectivity index (χ4v) is 3.49. The third-order valence-electron chi connectivity index (χ3n) is 5.24. The molecule has 0 saturated heterocycles. The van der Waals surface area contributed by atoms with Gasteiger partial charge in [-0.15, -0.1) is 0 Å². The number of hydrogen-bond donors (Lipinski definition) is 2. The number of nitrogens with one attached hydrogen (secondary N) is 2. The Kier molecular flexibility index (Phi) is 7.40. The van der Waals surface area contributed by atoms with Crippen LogP contribution in [0.4, 0.5) is 10.6 Å². The van der Waals surface area contributed by atoms with Crippen LogP contribution in [0.15, 0.2) is 66.9 Å². The topological polar surface area (TPSA) is 103 Å². The van der Waals surface area contributed by atoms with Crippen LogP contribution < -0.4 is 20.1 Å². The Morgan fingerprint density at radius 3 is 2.64 bits per heavy atom. The summed E-state index contributed by atoms with van der Waals surface area (Å²) >= 11 is 5.85. The zero-order chi connectivity index (χ0) is 25.7. The first kappa shape index (κ1) is 25.0. The zero-order valence-electron chi connectivity index (χ0n) is 20.4. The smallest absolute Gasteiger partial charge is 0.320 e. The molecule has 0 aliphatic heterocycles. The Labute approximate surface area is 214 Å². The van der Waals surface area contributed by atoms with Crippen molar-refractivity contribution in [2.45, 2.75) is 32.7 Å². The van der Waals surface area contributed by atoms with Crippen molar-refractivity contribution in [1.29, 1.82) is 0 Å². The van der Waals surface area contributed by atoms with Gasteiger partial charge in [-0.25, -0.2) is 14.5 Å². The highest BCUT2D eigenvalue weighted by molar-refractivity contribution is 6.28. The Bertz CT molecular complexity index is 1370. The van der Waals surface area contributed by atoms with Crippen LogP contribution in [-0.4, -0.2) is 32.9 Å². The molecule has 2 N–H and O–H groups in total. The molecule has 0 aliphatic rings. The lowest BCUT2D eigenvalue weighted by atomic mass is 9.92. The predicted octanol–water partition coefficient (Wildman–Crippen LogP) is 5.74. The van der Waals surface area contributed by atoms with E-state index in [-0.39, 0.29) is 23.3 Å². The van der Waals surface area contributed by atoms with E-state index in [9.17, 15) is 4.79 Å². The van der Waals surface area contributed by atoms with Gasteiger partial charge < -0.3 is 14.8 Å². The average Bonchev–Trinajstić information content (AvgIpc) is 3.28. The molecule has 2 heterocycles. The van der Waals surface area contributed by atoms with Crippen LogP contribution in [0.5, 0.6) is 17.4 Å². The van der Waals surface area contributed by atoms with E-state index >= 15 is 0 Å². The number of carbonyl (C=O) groups is 1. The van der Waals surface area contributed by atoms with Crippen LogP contribution in [0.2, 0.25) is 5.28 Å². The van der Waals surface area contributed by atoms with Gasteiger partial charge in [-0.1, -0.05) is 45.0 Å². The molecule has 2 aromatic heterocycles. The molecule has 0 fully saturated rings. The Hall–Kier alpha value is -4.11. The lowest BCUT2D eigenvalue weighted by Crippen LogP contribution is -2.29. The minimum absolute atomic E-state index is 0.0877. The van der Waals surface area contributed by atoms with E-state index in [0.29, 0.717) is 23.2 Å². The fourth-order valence-electron chi connectivity index (χ4n) is 3.35. The van der Waals surface area contributed by atoms with Crippen LogP contribution in [0, 0.1) is 0 Å². The summed E-state index contributed by atoms with van der Waals surface area (Å²) in [7, 11) is 1.61. The number of para-hydroxylation sites is 1. The largest absolute Gasteiger partial charge is 0.497 e. The van der Waals surface area contributed by atoms with E-state index in [1.54, 1.807) is 23.9 Å². The molecule has 2 amide bonds. The molecule has 0 atom stereocenters. The first-order valence-electron chi connectivity index (χ1n) is 11.3. The number of methoxy groups -OCH3 is 1. The first-order chi connectivity index (χ1) is 17.2. The minimum Gasteiger partial charge on any atom is -0.497 e. The predicted molar refractivity (Wildman–Crippen MR) is 138 cm³/mol. The normalized spacial score (nSPS) is 11.1. The van der Waals surface area contributed by atoms with E-state index in [4.69, 9.17) is 26.2 Å². The Morgan fingerprint density at radius 2 is 1.89 bits per heavy atom. The van der Waals surface area contributed by atoms with E-state index in [1.807, 2.05) is 48.5 Å². The van der Waals surface area contributed by atoms with Gasteiger partial charge in [0, 0.05) is 41.9 Å². The minimum atomic E-state index is -0.389. The highest BCUT2D eigenvalue weighted by atomic mass is 35.5. The second kappa shape index (κ2) is 10.7. The van der Waals surface area contributed by atoms with Crippen LogP contribution >= 0.6 is 11.6 Å². The van der Waals surface area contributed by atoms with Crippen LogP contribution in [0.3, 0.4) is 0 Å². The number of ether oxygens (including phenoxy) is 2. The third kappa shape index (κ3) is 6.11. The number of anilines is 1. The van der Waals surface area contributed by atoms with Crippen molar-refractivity contribution in [3.05, 3.63) is 83.4 Å². The maximum absolute atomic E-state index is 12.9. The summed E-state index contributed by atoms with van der Waals surface area (Å²) in [4.78, 5) is 20.8. The summed E-state index contributed by atoms with van der Waals surface area (Å²) < 4.78 is 12.9. The van der Waals surface area contributed by atoms with Crippen molar-refractivity contribution < 1.29 is 14.3 Å². The van der Waals surface area contributed by atoms with Gasteiger partial charge in [0.25, 0.3) is 0 Å². The summed E-state index contributed by atoms with van der Waals surface area (Å²) in [6, 6.07) is 17.9. The van der Waals surface area contributed by atoms with E-state index in [0.717, 1.165) is 16.9 Å². The third-order valence-corrected chi connectivity index (χ3v) is 5.43. The van der Waals surface area contributed by atoms with Crippen molar-refractivity contribution in [3.63, 3.8) is 0 Å². The van der Waals surface area contributed by atoms with Gasteiger partial charge in [-0.2, -0.15) is 10.1 Å². The lowest BCUT2D eigenvalue weighted by molar-refractivity contribution is 0.251. The Balaban J connectivity index is 1.51. The van der Waals surface area contributed by atoms with Gasteiger partial charge in [0.05, 0.1) is 18.5 Å². The highest BCUT2D eigenvalue weighted by Gasteiger charge is 2.22. The molecule has 4 aromatic rings. The zero-order valence-corrected chi connectivity index (χ0v) is 21.2. The first-order valence-corrected chi connectivity index (χ1v) is 11.6. The molecular weight excluding hydrogens is 480 g/mol. The molecule has 36 heavy (non-hydrogen) atoms. The van der Waals surface area contributed by atoms with E-state index < -0.39 is 0 Å². The monoisotopic (exact) mass is 506 g/mol. The Morgan fingerprint density at radius 1 is 1.08 bits per heavy atom. The molecule has 10 heteroatoms. The number of halogens is 1. The molecule has 0 saturated carbocycles. The number of rotatable bonds is 7. The van der Waals surface area contributed by atoms with Crippen molar-refractivity contribution in [2.24, 2.45) is 0 Å². The molecule has 0 radical (unpaired) electrons. The molecule has 186 valence electrons. The quantitative estimate of drug-likeness (QED) is 0.310. The van der Waals surface area contributed by atoms with E-state index in [2.05, 4.69) is 41.4 Å². The summed E-state index contributed by atoms with van der Waals surface area (Å²) in [5.41, 5.74) is 2.15. The fraction of sp³-hybridized carbons (Fsp3) is 0.231. The van der Waals surface area contributed by atoms with Crippen LogP contribution in [0.25, 0.3) is 5.69 Å². The maximum Gasteiger partial charge on any atom is 0.320 e. The lowest BCUT2D eigenvalue weighted by Gasteiger charge is -2.14. The molecule has 2 aromatic carbocycles. The second-order valence-electron chi connectivity index (χ2n) is 8.96. The SMILES string of the molecule is COc1cccc(-n2nc(C(C)(C)C)cc2NC(=O)NCc2ccccc2Oc2ccnc(Cl)n2)c1. The number of urea groups is 1. The van der Waals surface area contributed by atoms with Crippen molar-refractivity contribution >= 4 is 23.4 Å². The van der Waals surface area contributed by atoms with Gasteiger partial charge in [0.15, 0.2) is 0 Å². The summed E-state index contributed by atoms with van der Waals surface area (Å²) in [5.74, 6) is 2.08. The maximum atomic E-state index is 12.9. The van der Waals surface area contributed by atoms with Crippen LogP contribution in [0.1, 0.15) is 32.0 Å². The summed E-state index contributed by atoms with van der Waals surface area (Å²) in [5, 5.41) is 10.6. The molecule has 4 rings (SSSR count). The van der Waals surface area contributed by atoms with Crippen molar-refractivity contribution in [1.82, 2.24) is 25.1 Å². The summed E-state index contributed by atoms with van der Waals surface area (Å²) in [6.07, 6.45) is 1.51. The van der Waals surface area contributed by atoms with Gasteiger partial charge in [-0.3, -0.25) is 5.32 Å². The number of hydrogen-bond acceptors (Lipinski definition) is 6. The van der Waals surface area contributed by atoms with Gasteiger partial charge in [-0.05, 0) is 29.8 Å². The standard InChI is InChI=1S/C26H27ClN6O3/c1-26(2,3)21-15-22(33(32-21)18-9-7-10-19(14-18)35-4)30-25(34)29-16-17-8-5-6-11-20(17)36-23-12-13-28-24(27)31-23/h5-15H,16H2,1-4H3,(H2,29,30,34). The highest BCUT2D eigenvalue weighted by Crippen LogP contribution is 2.28. The average molecular weight is 507 g/mol. The summed E-state index contributed by atoms with van der Waals surface area (Å²) in [6.45, 7) is 6.42. The molecule has 0 unspecified atom stereocenters. The number of aromatic nitrogens is 4. The number of nitrogens with zero attached hydrogens (tertiary/aromatic N) is 4. The molecular formula is C26H27ClN6O3. The van der Waals surface area contributed by atoms with Gasteiger partial charge >= 0.3 is 6.03 Å². The molecule has 0 bridgehead atoms. The van der Waals surface area contributed by atoms with Gasteiger partial charge in [0.1, 0.15) is 17.3 Å². The number of carbonyl (C=O) groups excluding carboxylic acids is 1. The van der Waals surface area contributed by atoms with E-state index in [1.165, 1.54) is 6.20 Å². The van der Waals surface area contributed by atoms with Crippen LogP contribution in [-0.2, 0) is 12.0 Å². The number of benzene rings is 2. The number of amides is 2. The van der Waals surface area contributed by atoms with Gasteiger partial charge in [0.2, 0.25) is 11.2 Å². The molecule has 0 aliphatic carbocycles. The molecule has 0 spiro atoms. The molecule has 9 nitrogen and oxygen atoms in total. The second-order valence-corrected chi connectivity index (χ2v) is 9.30. The van der Waals surface area contributed by atoms with Crippen molar-refractivity contribution in [2.75, 3.05) is 12.4 Å². The van der Waals surface area contributed by atoms with Crippen molar-refractivity contribution in [3.8, 4) is 23.1 Å².